The van der Waals surface area contributed by atoms with E-state index < -0.39 is 6.04 Å². The van der Waals surface area contributed by atoms with E-state index in [0.717, 1.165) is 5.56 Å². The summed E-state index contributed by atoms with van der Waals surface area (Å²) in [7, 11) is 0. The Hall–Kier alpha value is -2.57. The van der Waals surface area contributed by atoms with Crippen molar-refractivity contribution >= 4 is 18.0 Å². The van der Waals surface area contributed by atoms with Gasteiger partial charge in [-0.3, -0.25) is 9.59 Å². The summed E-state index contributed by atoms with van der Waals surface area (Å²) in [6.45, 7) is 0.216. The zero-order valence-electron chi connectivity index (χ0n) is 10.6. The monoisotopic (exact) mass is 275 g/mol. The van der Waals surface area contributed by atoms with E-state index >= 15 is 0 Å². The van der Waals surface area contributed by atoms with Crippen molar-refractivity contribution in [2.45, 2.75) is 18.9 Å². The number of benzene rings is 1. The third kappa shape index (κ3) is 2.56. The highest BCUT2D eigenvalue weighted by Gasteiger charge is 2.26. The van der Waals surface area contributed by atoms with Gasteiger partial charge in [-0.05, 0) is 30.2 Å². The van der Waals surface area contributed by atoms with Crippen molar-refractivity contribution in [1.82, 2.24) is 10.7 Å². The Morgan fingerprint density at radius 3 is 3.05 bits per heavy atom. The number of carbonyl (C=O) groups is 2. The van der Waals surface area contributed by atoms with E-state index in [1.807, 2.05) is 0 Å². The lowest BCUT2D eigenvalue weighted by Gasteiger charge is -2.06. The van der Waals surface area contributed by atoms with Crippen molar-refractivity contribution in [2.24, 2.45) is 5.10 Å². The minimum Gasteiger partial charge on any atom is -0.454 e. The second kappa shape index (κ2) is 5.20. The van der Waals surface area contributed by atoms with Gasteiger partial charge in [-0.15, -0.1) is 0 Å². The number of ether oxygens (including phenoxy) is 2. The van der Waals surface area contributed by atoms with Gasteiger partial charge in [-0.2, -0.15) is 5.10 Å². The smallest absolute Gasteiger partial charge is 0.262 e. The topological polar surface area (TPSA) is 89.0 Å². The van der Waals surface area contributed by atoms with E-state index in [9.17, 15) is 9.59 Å². The van der Waals surface area contributed by atoms with Crippen LogP contribution in [0.5, 0.6) is 11.5 Å². The van der Waals surface area contributed by atoms with E-state index in [-0.39, 0.29) is 18.6 Å². The molecule has 0 aliphatic carbocycles. The zero-order chi connectivity index (χ0) is 13.9. The average Bonchev–Trinajstić information content (AvgIpc) is 3.06. The number of hydrogen-bond donors (Lipinski definition) is 2. The molecule has 1 fully saturated rings. The van der Waals surface area contributed by atoms with Crippen molar-refractivity contribution in [3.63, 3.8) is 0 Å². The first-order valence-electron chi connectivity index (χ1n) is 6.24. The number of rotatable bonds is 3. The van der Waals surface area contributed by atoms with Crippen LogP contribution >= 0.6 is 0 Å². The Balaban J connectivity index is 1.58. The van der Waals surface area contributed by atoms with Crippen LogP contribution in [0.4, 0.5) is 0 Å². The van der Waals surface area contributed by atoms with Gasteiger partial charge in [-0.25, -0.2) is 5.43 Å². The molecule has 0 saturated carbocycles. The molecule has 2 N–H and O–H groups in total. The summed E-state index contributed by atoms with van der Waals surface area (Å²) in [4.78, 5) is 22.7. The van der Waals surface area contributed by atoms with Crippen LogP contribution in [0.1, 0.15) is 18.4 Å². The lowest BCUT2D eigenvalue weighted by molar-refractivity contribution is -0.125. The fourth-order valence-electron chi connectivity index (χ4n) is 2.05. The summed E-state index contributed by atoms with van der Waals surface area (Å²) in [6, 6.07) is 4.87. The first kappa shape index (κ1) is 12.5. The second-order valence-corrected chi connectivity index (χ2v) is 4.51. The van der Waals surface area contributed by atoms with E-state index in [2.05, 4.69) is 15.8 Å². The summed E-state index contributed by atoms with van der Waals surface area (Å²) in [5.41, 5.74) is 3.19. The summed E-state index contributed by atoms with van der Waals surface area (Å²) in [5, 5.41) is 6.44. The zero-order valence-corrected chi connectivity index (χ0v) is 10.6. The molecule has 1 atom stereocenters. The molecule has 20 heavy (non-hydrogen) atoms. The first-order valence-corrected chi connectivity index (χ1v) is 6.24. The van der Waals surface area contributed by atoms with E-state index in [4.69, 9.17) is 9.47 Å². The van der Waals surface area contributed by atoms with Gasteiger partial charge in [0.25, 0.3) is 5.91 Å². The Labute approximate surface area is 114 Å². The number of carbonyl (C=O) groups excluding carboxylic acids is 2. The summed E-state index contributed by atoms with van der Waals surface area (Å²) in [5.74, 6) is 0.931. The Morgan fingerprint density at radius 1 is 1.40 bits per heavy atom. The molecule has 2 amide bonds. The van der Waals surface area contributed by atoms with E-state index in [1.54, 1.807) is 18.2 Å². The van der Waals surface area contributed by atoms with Gasteiger partial charge in [0, 0.05) is 6.42 Å². The number of fused-ring (bicyclic) bond motifs is 1. The van der Waals surface area contributed by atoms with Crippen LogP contribution in [0, 0.1) is 0 Å². The maximum Gasteiger partial charge on any atom is 0.262 e. The molecular weight excluding hydrogens is 262 g/mol. The van der Waals surface area contributed by atoms with Crippen molar-refractivity contribution in [3.8, 4) is 11.5 Å². The van der Waals surface area contributed by atoms with Crippen LogP contribution in [-0.4, -0.2) is 30.9 Å². The van der Waals surface area contributed by atoms with Crippen LogP contribution in [0.15, 0.2) is 23.3 Å². The summed E-state index contributed by atoms with van der Waals surface area (Å²) in [6.07, 6.45) is 2.39. The Kier molecular flexibility index (Phi) is 3.24. The molecule has 1 saturated heterocycles. The molecule has 7 nitrogen and oxygen atoms in total. The predicted octanol–water partition coefficient (Wildman–Crippen LogP) is 0.144. The van der Waals surface area contributed by atoms with Gasteiger partial charge in [0.2, 0.25) is 12.7 Å². The van der Waals surface area contributed by atoms with Crippen LogP contribution < -0.4 is 20.2 Å². The fourth-order valence-corrected chi connectivity index (χ4v) is 2.05. The maximum atomic E-state index is 11.7. The molecule has 0 aromatic heterocycles. The summed E-state index contributed by atoms with van der Waals surface area (Å²) >= 11 is 0. The molecule has 0 spiro atoms. The molecule has 0 radical (unpaired) electrons. The van der Waals surface area contributed by atoms with Crippen LogP contribution in [-0.2, 0) is 9.59 Å². The van der Waals surface area contributed by atoms with E-state index in [0.29, 0.717) is 24.3 Å². The first-order chi connectivity index (χ1) is 9.72. The quantitative estimate of drug-likeness (QED) is 0.607. The standard InChI is InChI=1S/C13H13N3O4/c17-12-4-2-9(15-12)13(18)16-14-6-8-1-3-10-11(5-8)20-7-19-10/h1,3,5-6,9H,2,4,7H2,(H,15,17)(H,16,18)/b14-6-/t9-/m1/s1. The number of amides is 2. The van der Waals surface area contributed by atoms with Gasteiger partial charge in [0.1, 0.15) is 6.04 Å². The van der Waals surface area contributed by atoms with E-state index in [1.165, 1.54) is 6.21 Å². The molecule has 1 aromatic rings. The minimum atomic E-state index is -0.489. The number of hydrazone groups is 1. The van der Waals surface area contributed by atoms with Crippen LogP contribution in [0.2, 0.25) is 0 Å². The van der Waals surface area contributed by atoms with Crippen LogP contribution in [0.25, 0.3) is 0 Å². The maximum absolute atomic E-state index is 11.7. The Morgan fingerprint density at radius 2 is 2.25 bits per heavy atom. The Bertz CT molecular complexity index is 585. The molecular formula is C13H13N3O4. The van der Waals surface area contributed by atoms with Crippen molar-refractivity contribution in [2.75, 3.05) is 6.79 Å². The third-order valence-electron chi connectivity index (χ3n) is 3.10. The van der Waals surface area contributed by atoms with Crippen molar-refractivity contribution in [3.05, 3.63) is 23.8 Å². The molecule has 2 heterocycles. The predicted molar refractivity (Wildman–Crippen MR) is 69.5 cm³/mol. The molecule has 2 aliphatic rings. The lowest BCUT2D eigenvalue weighted by atomic mass is 10.2. The number of nitrogens with zero attached hydrogens (tertiary/aromatic N) is 1. The third-order valence-corrected chi connectivity index (χ3v) is 3.10. The summed E-state index contributed by atoms with van der Waals surface area (Å²) < 4.78 is 10.4. The van der Waals surface area contributed by atoms with Gasteiger partial charge in [-0.1, -0.05) is 0 Å². The van der Waals surface area contributed by atoms with Crippen LogP contribution in [0.3, 0.4) is 0 Å². The minimum absolute atomic E-state index is 0.107. The average molecular weight is 275 g/mol. The highest BCUT2D eigenvalue weighted by Crippen LogP contribution is 2.31. The SMILES string of the molecule is O=C1CC[C@H](C(=O)N/N=C\c2ccc3c(c2)OCO3)N1. The largest absolute Gasteiger partial charge is 0.454 e. The molecule has 1 aromatic carbocycles. The molecule has 0 bridgehead atoms. The lowest BCUT2D eigenvalue weighted by Crippen LogP contribution is -2.39. The molecule has 2 aliphatic heterocycles. The molecule has 7 heteroatoms. The van der Waals surface area contributed by atoms with Gasteiger partial charge < -0.3 is 14.8 Å². The highest BCUT2D eigenvalue weighted by molar-refractivity contribution is 5.91. The number of hydrogen-bond acceptors (Lipinski definition) is 5. The van der Waals surface area contributed by atoms with Gasteiger partial charge in [0.15, 0.2) is 11.5 Å². The van der Waals surface area contributed by atoms with Crippen molar-refractivity contribution in [1.29, 1.82) is 0 Å². The van der Waals surface area contributed by atoms with Crippen molar-refractivity contribution < 1.29 is 19.1 Å². The van der Waals surface area contributed by atoms with Gasteiger partial charge in [0.05, 0.1) is 6.21 Å². The number of nitrogens with one attached hydrogen (secondary N) is 2. The second-order valence-electron chi connectivity index (χ2n) is 4.51. The molecule has 0 unspecified atom stereocenters. The normalized spacial score (nSPS) is 20.2. The molecule has 104 valence electrons. The highest BCUT2D eigenvalue weighted by atomic mass is 16.7. The van der Waals surface area contributed by atoms with Gasteiger partial charge >= 0.3 is 0 Å². The molecule has 3 rings (SSSR count). The fraction of sp³-hybridized carbons (Fsp3) is 0.308.